The molecule has 34 heavy (non-hydrogen) atoms. The summed E-state index contributed by atoms with van der Waals surface area (Å²) in [6, 6.07) is 2.42. The smallest absolute Gasteiger partial charge is 0.180 e. The third-order valence-corrected chi connectivity index (χ3v) is 5.77. The van der Waals surface area contributed by atoms with E-state index in [-0.39, 0.29) is 14.9 Å². The van der Waals surface area contributed by atoms with Crippen molar-refractivity contribution in [2.75, 3.05) is 0 Å². The lowest BCUT2D eigenvalue weighted by atomic mass is 10.2. The van der Waals surface area contributed by atoms with Crippen LogP contribution < -0.4 is 0 Å². The predicted molar refractivity (Wildman–Crippen MR) is 149 cm³/mol. The van der Waals surface area contributed by atoms with Crippen LogP contribution in [0.1, 0.15) is 110 Å². The standard InChI is InChI=1S/C6H10N2.C6H9NO.2C6H9NS.2CH4/c1-6(2)8-5-3-4-7-8;2*1-5(2)6-3-8-4-7-6;1-5(2)6-7-3-4-8-6;;/h3-6H,1-2H3;3*3-5H,1-2H3;2*1H4. The van der Waals surface area contributed by atoms with Crippen molar-refractivity contribution < 1.29 is 4.42 Å². The third kappa shape index (κ3) is 14.1. The van der Waals surface area contributed by atoms with Crippen LogP contribution in [0.4, 0.5) is 0 Å². The largest absolute Gasteiger partial charge is 0.451 e. The lowest BCUT2D eigenvalue weighted by molar-refractivity contribution is 0.532. The predicted octanol–water partition coefficient (Wildman–Crippen LogP) is 9.07. The molecular weight excluding hydrogens is 462 g/mol. The summed E-state index contributed by atoms with van der Waals surface area (Å²) in [5.41, 5.74) is 4.09. The summed E-state index contributed by atoms with van der Waals surface area (Å²) in [7, 11) is 0. The fraction of sp³-hybridized carbons (Fsp3) is 0.538. The Kier molecular flexibility index (Phi) is 19.0. The summed E-state index contributed by atoms with van der Waals surface area (Å²) in [6.45, 7) is 17.0. The fourth-order valence-electron chi connectivity index (χ4n) is 2.12. The molecule has 0 fully saturated rings. The van der Waals surface area contributed by atoms with Gasteiger partial charge in [-0.1, -0.05) is 56.4 Å². The van der Waals surface area contributed by atoms with Crippen molar-refractivity contribution in [3.05, 3.63) is 70.0 Å². The van der Waals surface area contributed by atoms with Crippen molar-refractivity contribution in [1.29, 1.82) is 0 Å². The normalized spacial score (nSPS) is 9.76. The van der Waals surface area contributed by atoms with Crippen molar-refractivity contribution in [3.8, 4) is 0 Å². The van der Waals surface area contributed by atoms with Crippen LogP contribution in [0.15, 0.2) is 58.0 Å². The second-order valence-corrected chi connectivity index (χ2v) is 9.89. The summed E-state index contributed by atoms with van der Waals surface area (Å²) >= 11 is 3.38. The molecule has 0 unspecified atom stereocenters. The van der Waals surface area contributed by atoms with Crippen LogP contribution in [0.2, 0.25) is 0 Å². The molecule has 0 aliphatic heterocycles. The Morgan fingerprint density at radius 1 is 0.824 bits per heavy atom. The van der Waals surface area contributed by atoms with Crippen molar-refractivity contribution in [3.63, 3.8) is 0 Å². The van der Waals surface area contributed by atoms with Gasteiger partial charge in [-0.05, 0) is 31.7 Å². The minimum absolute atomic E-state index is 0. The Hall–Kier alpha value is -2.32. The molecule has 0 aliphatic carbocycles. The molecule has 0 amide bonds. The minimum Gasteiger partial charge on any atom is -0.451 e. The average Bonchev–Trinajstić information content (AvgIpc) is 3.56. The summed E-state index contributed by atoms with van der Waals surface area (Å²) < 4.78 is 6.68. The Morgan fingerprint density at radius 3 is 1.74 bits per heavy atom. The highest BCUT2D eigenvalue weighted by Gasteiger charge is 1.99. The highest BCUT2D eigenvalue weighted by Crippen LogP contribution is 2.15. The lowest BCUT2D eigenvalue weighted by Gasteiger charge is -2.01. The Balaban J connectivity index is 0. The monoisotopic (exact) mass is 507 g/mol. The summed E-state index contributed by atoms with van der Waals surface area (Å²) in [4.78, 5) is 12.2. The Labute approximate surface area is 215 Å². The molecule has 0 aliphatic rings. The second kappa shape index (κ2) is 19.0. The highest BCUT2D eigenvalue weighted by molar-refractivity contribution is 7.09. The van der Waals surface area contributed by atoms with E-state index in [4.69, 9.17) is 4.42 Å². The topological polar surface area (TPSA) is 69.6 Å². The first-order chi connectivity index (χ1) is 15.2. The summed E-state index contributed by atoms with van der Waals surface area (Å²) in [5.74, 6) is 1.66. The number of thiazole rings is 2. The van der Waals surface area contributed by atoms with E-state index < -0.39 is 0 Å². The molecule has 8 heteroatoms. The molecular formula is C26H45N5OS2. The Bertz CT molecular complexity index is 730. The van der Waals surface area contributed by atoms with Crippen LogP contribution in [0.25, 0.3) is 0 Å². The number of hydrogen-bond acceptors (Lipinski definition) is 7. The van der Waals surface area contributed by atoms with Crippen LogP contribution in [0.3, 0.4) is 0 Å². The minimum atomic E-state index is 0. The van der Waals surface area contributed by atoms with Gasteiger partial charge in [-0.3, -0.25) is 4.68 Å². The van der Waals surface area contributed by atoms with Gasteiger partial charge < -0.3 is 4.42 Å². The van der Waals surface area contributed by atoms with Crippen LogP contribution in [0.5, 0.6) is 0 Å². The van der Waals surface area contributed by atoms with E-state index >= 15 is 0 Å². The van der Waals surface area contributed by atoms with Crippen LogP contribution in [-0.2, 0) is 0 Å². The van der Waals surface area contributed by atoms with Gasteiger partial charge in [0.15, 0.2) is 6.39 Å². The zero-order valence-electron chi connectivity index (χ0n) is 20.5. The van der Waals surface area contributed by atoms with E-state index in [0.717, 1.165) is 5.69 Å². The van der Waals surface area contributed by atoms with Crippen molar-refractivity contribution in [1.82, 2.24) is 24.7 Å². The SMILES string of the molecule is C.C.CC(C)c1cocn1.CC(C)c1cscn1.CC(C)c1nccs1.CC(C)n1cccn1. The van der Waals surface area contributed by atoms with Gasteiger partial charge in [0.1, 0.15) is 6.26 Å². The molecule has 0 N–H and O–H groups in total. The van der Waals surface area contributed by atoms with Gasteiger partial charge in [-0.25, -0.2) is 15.0 Å². The number of nitrogens with zero attached hydrogens (tertiary/aromatic N) is 5. The number of rotatable bonds is 4. The fourth-order valence-corrected chi connectivity index (χ4v) is 3.49. The molecule has 4 heterocycles. The quantitative estimate of drug-likeness (QED) is 0.275. The Morgan fingerprint density at radius 2 is 1.50 bits per heavy atom. The molecule has 0 radical (unpaired) electrons. The van der Waals surface area contributed by atoms with Gasteiger partial charge in [0.2, 0.25) is 0 Å². The van der Waals surface area contributed by atoms with Crippen molar-refractivity contribution >= 4 is 22.7 Å². The molecule has 192 valence electrons. The summed E-state index contributed by atoms with van der Waals surface area (Å²) in [5, 5.41) is 9.36. The van der Waals surface area contributed by atoms with Crippen molar-refractivity contribution in [2.45, 2.75) is 94.0 Å². The van der Waals surface area contributed by atoms with E-state index in [2.05, 4.69) is 80.8 Å². The van der Waals surface area contributed by atoms with Gasteiger partial charge in [-0.2, -0.15) is 5.10 Å². The molecule has 0 saturated carbocycles. The van der Waals surface area contributed by atoms with Crippen LogP contribution >= 0.6 is 22.7 Å². The van der Waals surface area contributed by atoms with E-state index in [1.165, 1.54) is 17.1 Å². The maximum atomic E-state index is 4.76. The van der Waals surface area contributed by atoms with Gasteiger partial charge >= 0.3 is 0 Å². The van der Waals surface area contributed by atoms with Crippen LogP contribution in [0, 0.1) is 0 Å². The molecule has 0 spiro atoms. The first-order valence-corrected chi connectivity index (χ1v) is 12.7. The maximum absolute atomic E-state index is 4.76. The van der Waals surface area contributed by atoms with Gasteiger partial charge in [0.25, 0.3) is 0 Å². The second-order valence-electron chi connectivity index (χ2n) is 8.24. The molecule has 4 aromatic rings. The van der Waals surface area contributed by atoms with E-state index in [1.807, 2.05) is 34.0 Å². The zero-order valence-corrected chi connectivity index (χ0v) is 22.1. The first-order valence-electron chi connectivity index (χ1n) is 10.9. The average molecular weight is 508 g/mol. The number of hydrogen-bond donors (Lipinski definition) is 0. The molecule has 6 nitrogen and oxygen atoms in total. The highest BCUT2D eigenvalue weighted by atomic mass is 32.1. The van der Waals surface area contributed by atoms with E-state index in [9.17, 15) is 0 Å². The molecule has 0 atom stereocenters. The van der Waals surface area contributed by atoms with Gasteiger partial charge in [-0.15, -0.1) is 22.7 Å². The molecule has 0 aromatic carbocycles. The van der Waals surface area contributed by atoms with Gasteiger partial charge in [0, 0.05) is 41.3 Å². The molecule has 0 bridgehead atoms. The third-order valence-electron chi connectivity index (χ3n) is 4.09. The molecule has 0 saturated heterocycles. The van der Waals surface area contributed by atoms with Gasteiger partial charge in [0.05, 0.1) is 21.9 Å². The summed E-state index contributed by atoms with van der Waals surface area (Å²) in [6.07, 6.45) is 8.73. The number of aromatic nitrogens is 5. The van der Waals surface area contributed by atoms with E-state index in [1.54, 1.807) is 35.1 Å². The molecule has 4 rings (SSSR count). The lowest BCUT2D eigenvalue weighted by Crippen LogP contribution is -1.99. The maximum Gasteiger partial charge on any atom is 0.180 e. The molecule has 4 aromatic heterocycles. The zero-order chi connectivity index (χ0) is 23.9. The van der Waals surface area contributed by atoms with Crippen molar-refractivity contribution in [2.24, 2.45) is 0 Å². The first kappa shape index (κ1) is 33.9. The number of oxazole rings is 1. The van der Waals surface area contributed by atoms with Crippen LogP contribution in [-0.4, -0.2) is 24.7 Å². The van der Waals surface area contributed by atoms with E-state index in [0.29, 0.717) is 23.8 Å².